The normalized spacial score (nSPS) is 10.5. The van der Waals surface area contributed by atoms with Gasteiger partial charge in [-0.25, -0.2) is 0 Å². The molecule has 2 N–H and O–H groups in total. The average Bonchev–Trinajstić information content (AvgIpc) is 2.70. The van der Waals surface area contributed by atoms with E-state index in [4.69, 9.17) is 12.2 Å². The second-order valence-corrected chi connectivity index (χ2v) is 4.85. The van der Waals surface area contributed by atoms with Crippen LogP contribution in [0.5, 0.6) is 0 Å². The second kappa shape index (κ2) is 4.11. The van der Waals surface area contributed by atoms with Crippen LogP contribution < -0.4 is 5.32 Å². The molecular formula is C8H11N5S2. The Hall–Kier alpha value is -1.21. The lowest BCUT2D eigenvalue weighted by Gasteiger charge is -1.99. The number of hydrogen-bond donors (Lipinski definition) is 2. The summed E-state index contributed by atoms with van der Waals surface area (Å²) in [6, 6.07) is 0. The zero-order valence-electron chi connectivity index (χ0n) is 8.44. The van der Waals surface area contributed by atoms with E-state index < -0.39 is 0 Å². The number of nitrogens with zero attached hydrogens (tertiary/aromatic N) is 3. The summed E-state index contributed by atoms with van der Waals surface area (Å²) in [6.45, 7) is 2.71. The van der Waals surface area contributed by atoms with Gasteiger partial charge in [0.15, 0.2) is 3.95 Å². The second-order valence-electron chi connectivity index (χ2n) is 3.19. The summed E-state index contributed by atoms with van der Waals surface area (Å²) < 4.78 is 2.49. The van der Waals surface area contributed by atoms with E-state index in [1.165, 1.54) is 16.9 Å². The number of aryl methyl sites for hydroxylation is 2. The van der Waals surface area contributed by atoms with Gasteiger partial charge in [-0.2, -0.15) is 5.10 Å². The fourth-order valence-electron chi connectivity index (χ4n) is 1.30. The van der Waals surface area contributed by atoms with Gasteiger partial charge in [0.05, 0.1) is 5.69 Å². The molecule has 0 aromatic carbocycles. The first kappa shape index (κ1) is 10.3. The lowest BCUT2D eigenvalue weighted by atomic mass is 10.3. The Kier molecular flexibility index (Phi) is 2.83. The van der Waals surface area contributed by atoms with Crippen molar-refractivity contribution in [1.82, 2.24) is 20.0 Å². The molecule has 5 nitrogen and oxygen atoms in total. The van der Waals surface area contributed by atoms with E-state index in [2.05, 4.69) is 20.6 Å². The molecule has 0 unspecified atom stereocenters. The topological polar surface area (TPSA) is 58.5 Å². The minimum atomic E-state index is 0.681. The molecule has 0 aliphatic heterocycles. The highest BCUT2D eigenvalue weighted by Crippen LogP contribution is 2.13. The maximum Gasteiger partial charge on any atom is 0.204 e. The average molecular weight is 241 g/mol. The molecule has 15 heavy (non-hydrogen) atoms. The van der Waals surface area contributed by atoms with Crippen molar-refractivity contribution < 1.29 is 0 Å². The molecule has 0 amide bonds. The van der Waals surface area contributed by atoms with Gasteiger partial charge < -0.3 is 5.32 Å². The van der Waals surface area contributed by atoms with Crippen LogP contribution in [-0.2, 0) is 13.6 Å². The summed E-state index contributed by atoms with van der Waals surface area (Å²) in [7, 11) is 1.91. The van der Waals surface area contributed by atoms with E-state index in [1.54, 1.807) is 4.68 Å². The third-order valence-electron chi connectivity index (χ3n) is 1.98. The van der Waals surface area contributed by atoms with Crippen LogP contribution >= 0.6 is 23.6 Å². The lowest BCUT2D eigenvalue weighted by molar-refractivity contribution is 0.756. The van der Waals surface area contributed by atoms with Crippen molar-refractivity contribution in [3.05, 3.63) is 21.4 Å². The molecule has 0 bridgehead atoms. The monoisotopic (exact) mass is 241 g/mol. The highest BCUT2D eigenvalue weighted by molar-refractivity contribution is 7.73. The highest BCUT2D eigenvalue weighted by atomic mass is 32.1. The van der Waals surface area contributed by atoms with E-state index in [9.17, 15) is 0 Å². The Balaban J connectivity index is 2.04. The van der Waals surface area contributed by atoms with Gasteiger partial charge in [-0.15, -0.1) is 5.10 Å². The highest BCUT2D eigenvalue weighted by Gasteiger charge is 2.03. The Morgan fingerprint density at radius 3 is 3.00 bits per heavy atom. The zero-order chi connectivity index (χ0) is 10.8. The van der Waals surface area contributed by atoms with Crippen molar-refractivity contribution in [2.24, 2.45) is 7.05 Å². The summed E-state index contributed by atoms with van der Waals surface area (Å²) in [5, 5.41) is 15.0. The van der Waals surface area contributed by atoms with Crippen LogP contribution in [0, 0.1) is 10.9 Å². The molecule has 0 aliphatic carbocycles. The number of aromatic amines is 1. The van der Waals surface area contributed by atoms with Gasteiger partial charge >= 0.3 is 0 Å². The fourth-order valence-corrected chi connectivity index (χ4v) is 2.08. The van der Waals surface area contributed by atoms with Crippen LogP contribution in [0.3, 0.4) is 0 Å². The van der Waals surface area contributed by atoms with Crippen LogP contribution in [0.15, 0.2) is 6.20 Å². The number of anilines is 1. The molecule has 0 atom stereocenters. The van der Waals surface area contributed by atoms with E-state index in [-0.39, 0.29) is 0 Å². The van der Waals surface area contributed by atoms with Crippen molar-refractivity contribution in [3.8, 4) is 0 Å². The fraction of sp³-hybridized carbons (Fsp3) is 0.375. The van der Waals surface area contributed by atoms with Crippen LogP contribution in [0.4, 0.5) is 5.13 Å². The summed E-state index contributed by atoms with van der Waals surface area (Å²) in [4.78, 5) is 0. The number of H-pyrrole nitrogens is 1. The number of hydrogen-bond acceptors (Lipinski definition) is 5. The van der Waals surface area contributed by atoms with Gasteiger partial charge in [-0.3, -0.25) is 9.78 Å². The number of nitrogens with one attached hydrogen (secondary N) is 2. The Bertz CT molecular complexity index is 509. The minimum absolute atomic E-state index is 0.681. The van der Waals surface area contributed by atoms with Crippen molar-refractivity contribution in [2.75, 3.05) is 5.32 Å². The largest absolute Gasteiger partial charge is 0.356 e. The first-order valence-corrected chi connectivity index (χ1v) is 5.66. The van der Waals surface area contributed by atoms with Crippen molar-refractivity contribution in [1.29, 1.82) is 0 Å². The predicted octanol–water partition coefficient (Wildman–Crippen LogP) is 1.85. The third-order valence-corrected chi connectivity index (χ3v) is 3.03. The van der Waals surface area contributed by atoms with Crippen molar-refractivity contribution in [2.45, 2.75) is 13.5 Å². The first-order chi connectivity index (χ1) is 7.15. The van der Waals surface area contributed by atoms with E-state index >= 15 is 0 Å². The zero-order valence-corrected chi connectivity index (χ0v) is 10.1. The molecule has 7 heteroatoms. The number of aromatic nitrogens is 4. The van der Waals surface area contributed by atoms with Crippen LogP contribution in [0.2, 0.25) is 0 Å². The quantitative estimate of drug-likeness (QED) is 0.805. The van der Waals surface area contributed by atoms with Gasteiger partial charge in [0.1, 0.15) is 0 Å². The van der Waals surface area contributed by atoms with Crippen molar-refractivity contribution in [3.63, 3.8) is 0 Å². The molecule has 0 saturated heterocycles. The van der Waals surface area contributed by atoms with Crippen LogP contribution in [-0.4, -0.2) is 20.0 Å². The smallest absolute Gasteiger partial charge is 0.204 e. The minimum Gasteiger partial charge on any atom is -0.356 e. The lowest BCUT2D eigenvalue weighted by Crippen LogP contribution is -1.99. The molecule has 2 rings (SSSR count). The van der Waals surface area contributed by atoms with Gasteiger partial charge in [-0.05, 0) is 19.1 Å². The summed E-state index contributed by atoms with van der Waals surface area (Å²) in [5.41, 5.74) is 2.20. The molecule has 0 radical (unpaired) electrons. The third kappa shape index (κ3) is 2.42. The molecule has 2 heterocycles. The Labute approximate surface area is 96.1 Å². The number of rotatable bonds is 3. The molecule has 2 aromatic heterocycles. The predicted molar refractivity (Wildman–Crippen MR) is 62.6 cm³/mol. The van der Waals surface area contributed by atoms with Gasteiger partial charge in [0, 0.05) is 25.4 Å². The molecule has 0 fully saturated rings. The van der Waals surface area contributed by atoms with Gasteiger partial charge in [0.2, 0.25) is 5.13 Å². The van der Waals surface area contributed by atoms with Crippen LogP contribution in [0.1, 0.15) is 11.3 Å². The van der Waals surface area contributed by atoms with E-state index in [0.29, 0.717) is 3.95 Å². The molecular weight excluding hydrogens is 230 g/mol. The molecule has 0 saturated carbocycles. The van der Waals surface area contributed by atoms with Gasteiger partial charge in [-0.1, -0.05) is 11.3 Å². The summed E-state index contributed by atoms with van der Waals surface area (Å²) in [6.07, 6.45) is 1.99. The molecule has 2 aromatic rings. The molecule has 80 valence electrons. The molecule has 0 aliphatic rings. The molecule has 0 spiro atoms. The Morgan fingerprint density at radius 2 is 2.47 bits per heavy atom. The van der Waals surface area contributed by atoms with Crippen molar-refractivity contribution >= 4 is 28.7 Å². The van der Waals surface area contributed by atoms with Crippen LogP contribution in [0.25, 0.3) is 0 Å². The Morgan fingerprint density at radius 1 is 1.67 bits per heavy atom. The SMILES string of the molecule is Cc1nn(C)cc1CNc1n[nH]c(=S)s1. The first-order valence-electron chi connectivity index (χ1n) is 4.43. The standard InChI is InChI=1S/C8H11N5S2/c1-5-6(4-13(2)12-5)3-9-7-10-11-8(14)15-7/h4H,3H2,1-2H3,(H,9,10)(H,11,14). The maximum absolute atomic E-state index is 4.94. The van der Waals surface area contributed by atoms with E-state index in [1.807, 2.05) is 20.2 Å². The summed E-state index contributed by atoms with van der Waals surface area (Å²) in [5.74, 6) is 0. The van der Waals surface area contributed by atoms with Gasteiger partial charge in [0.25, 0.3) is 0 Å². The summed E-state index contributed by atoms with van der Waals surface area (Å²) >= 11 is 6.37. The maximum atomic E-state index is 4.94. The van der Waals surface area contributed by atoms with E-state index in [0.717, 1.165) is 17.4 Å².